The van der Waals surface area contributed by atoms with Crippen molar-refractivity contribution in [2.75, 3.05) is 33.8 Å². The van der Waals surface area contributed by atoms with Crippen LogP contribution < -0.4 is 4.74 Å². The second-order valence-electron chi connectivity index (χ2n) is 7.31. The number of carbonyl (C=O) groups excluding carboxylic acids is 2. The predicted octanol–water partition coefficient (Wildman–Crippen LogP) is 3.67. The molecule has 1 aliphatic heterocycles. The highest BCUT2D eigenvalue weighted by molar-refractivity contribution is 14.1. The molecule has 0 aliphatic carbocycles. The molecule has 1 aliphatic rings. The third kappa shape index (κ3) is 4.67. The molecule has 1 fully saturated rings. The van der Waals surface area contributed by atoms with E-state index in [9.17, 15) is 14.7 Å². The first-order valence-corrected chi connectivity index (χ1v) is 10.8. The van der Waals surface area contributed by atoms with Crippen LogP contribution in [0.4, 0.5) is 0 Å². The second kappa shape index (κ2) is 9.61. The summed E-state index contributed by atoms with van der Waals surface area (Å²) in [6.07, 6.45) is 0. The number of likely N-dealkylation sites (N-methyl/N-ethyl adjacent to an activating group) is 1. The van der Waals surface area contributed by atoms with Crippen LogP contribution in [0, 0.1) is 3.57 Å². The van der Waals surface area contributed by atoms with Crippen LogP contribution >= 0.6 is 22.6 Å². The van der Waals surface area contributed by atoms with Gasteiger partial charge in [0.2, 0.25) is 0 Å². The smallest absolute Gasteiger partial charge is 0.295 e. The van der Waals surface area contributed by atoms with Gasteiger partial charge >= 0.3 is 0 Å². The number of rotatable bonds is 7. The number of ketones is 1. The number of ether oxygens (including phenoxy) is 1. The van der Waals surface area contributed by atoms with Crippen LogP contribution in [0.2, 0.25) is 0 Å². The lowest BCUT2D eigenvalue weighted by atomic mass is 9.95. The Bertz CT molecular complexity index is 969. The van der Waals surface area contributed by atoms with E-state index in [2.05, 4.69) is 22.6 Å². The average molecular weight is 520 g/mol. The molecule has 30 heavy (non-hydrogen) atoms. The fourth-order valence-electron chi connectivity index (χ4n) is 3.47. The van der Waals surface area contributed by atoms with Crippen molar-refractivity contribution in [3.8, 4) is 5.75 Å². The first-order valence-electron chi connectivity index (χ1n) is 9.75. The molecule has 0 saturated carbocycles. The summed E-state index contributed by atoms with van der Waals surface area (Å²) in [4.78, 5) is 29.3. The van der Waals surface area contributed by atoms with Crippen molar-refractivity contribution < 1.29 is 19.4 Å². The van der Waals surface area contributed by atoms with Crippen LogP contribution in [0.1, 0.15) is 24.1 Å². The van der Waals surface area contributed by atoms with Crippen LogP contribution in [0.25, 0.3) is 5.76 Å². The van der Waals surface area contributed by atoms with Gasteiger partial charge in [0.25, 0.3) is 11.7 Å². The van der Waals surface area contributed by atoms with Crippen molar-refractivity contribution in [3.63, 3.8) is 0 Å². The number of amides is 1. The monoisotopic (exact) mass is 520 g/mol. The number of aliphatic hydroxyl groups excluding tert-OH is 1. The molecule has 2 aromatic rings. The number of likely N-dealkylation sites (tertiary alicyclic amines) is 1. The highest BCUT2D eigenvalue weighted by Crippen LogP contribution is 2.39. The maximum absolute atomic E-state index is 13.0. The third-order valence-electron chi connectivity index (χ3n) is 4.93. The van der Waals surface area contributed by atoms with Gasteiger partial charge in [-0.15, -0.1) is 0 Å². The molecule has 0 bridgehead atoms. The quantitative estimate of drug-likeness (QED) is 0.261. The predicted molar refractivity (Wildman–Crippen MR) is 124 cm³/mol. The van der Waals surface area contributed by atoms with Crippen LogP contribution in [0.15, 0.2) is 54.1 Å². The zero-order valence-corrected chi connectivity index (χ0v) is 19.4. The van der Waals surface area contributed by atoms with Crippen LogP contribution in [-0.4, -0.2) is 60.4 Å². The minimum absolute atomic E-state index is 0.105. The van der Waals surface area contributed by atoms with Gasteiger partial charge in [-0.05, 0) is 73.4 Å². The largest absolute Gasteiger partial charge is 0.507 e. The zero-order chi connectivity index (χ0) is 21.8. The highest BCUT2D eigenvalue weighted by Gasteiger charge is 2.45. The fraction of sp³-hybridized carbons (Fsp3) is 0.304. The van der Waals surface area contributed by atoms with Gasteiger partial charge in [-0.2, -0.15) is 0 Å². The number of Topliss-reactive ketones (excluding diaryl/α,β-unsaturated/α-hetero) is 1. The Hall–Kier alpha value is -2.39. The zero-order valence-electron chi connectivity index (χ0n) is 17.3. The Labute approximate surface area is 190 Å². The van der Waals surface area contributed by atoms with Gasteiger partial charge in [0.15, 0.2) is 0 Å². The van der Waals surface area contributed by atoms with Crippen molar-refractivity contribution in [1.29, 1.82) is 0 Å². The Kier molecular flexibility index (Phi) is 7.14. The van der Waals surface area contributed by atoms with Crippen molar-refractivity contribution in [1.82, 2.24) is 9.80 Å². The summed E-state index contributed by atoms with van der Waals surface area (Å²) >= 11 is 2.21. The van der Waals surface area contributed by atoms with E-state index >= 15 is 0 Å². The summed E-state index contributed by atoms with van der Waals surface area (Å²) in [5, 5.41) is 11.1. The Morgan fingerprint density at radius 1 is 1.17 bits per heavy atom. The molecule has 6 nitrogen and oxygen atoms in total. The van der Waals surface area contributed by atoms with Crippen molar-refractivity contribution in [3.05, 3.63) is 68.8 Å². The van der Waals surface area contributed by atoms with Crippen LogP contribution in [0.3, 0.4) is 0 Å². The SMILES string of the molecule is CCOc1cccc(C(O)=C2C(=O)C(=O)N(CCN(C)C)C2c2ccc(I)cc2)c1. The number of benzene rings is 2. The minimum atomic E-state index is -0.670. The van der Waals surface area contributed by atoms with E-state index in [0.29, 0.717) is 31.0 Å². The van der Waals surface area contributed by atoms with E-state index in [-0.39, 0.29) is 11.3 Å². The summed E-state index contributed by atoms with van der Waals surface area (Å²) in [7, 11) is 3.82. The number of nitrogens with zero attached hydrogens (tertiary/aromatic N) is 2. The Balaban J connectivity index is 2.12. The van der Waals surface area contributed by atoms with E-state index in [0.717, 1.165) is 9.13 Å². The molecule has 1 unspecified atom stereocenters. The molecular weight excluding hydrogens is 495 g/mol. The van der Waals surface area contributed by atoms with Crippen molar-refractivity contribution in [2.24, 2.45) is 0 Å². The molecule has 0 aromatic heterocycles. The van der Waals surface area contributed by atoms with Gasteiger partial charge in [0.05, 0.1) is 18.2 Å². The van der Waals surface area contributed by atoms with E-state index in [1.807, 2.05) is 50.2 Å². The van der Waals surface area contributed by atoms with Crippen molar-refractivity contribution in [2.45, 2.75) is 13.0 Å². The Morgan fingerprint density at radius 2 is 1.87 bits per heavy atom. The van der Waals surface area contributed by atoms with Crippen LogP contribution in [-0.2, 0) is 9.59 Å². The lowest BCUT2D eigenvalue weighted by Gasteiger charge is -2.26. The molecule has 2 aromatic carbocycles. The number of halogens is 1. The summed E-state index contributed by atoms with van der Waals surface area (Å²) in [6.45, 7) is 3.35. The fourth-order valence-corrected chi connectivity index (χ4v) is 3.82. The lowest BCUT2D eigenvalue weighted by molar-refractivity contribution is -0.140. The van der Waals surface area contributed by atoms with Gasteiger partial charge in [0, 0.05) is 22.2 Å². The summed E-state index contributed by atoms with van der Waals surface area (Å²) in [5.74, 6) is -0.862. The molecule has 1 saturated heterocycles. The number of carbonyl (C=O) groups is 2. The standard InChI is InChI=1S/C23H25IN2O4/c1-4-30-18-7-5-6-16(14-18)21(27)19-20(15-8-10-17(24)11-9-15)26(13-12-25(2)3)23(29)22(19)28/h5-11,14,20,27H,4,12-13H2,1-3H3. The van der Waals surface area contributed by atoms with E-state index in [4.69, 9.17) is 4.74 Å². The van der Waals surface area contributed by atoms with Gasteiger partial charge in [-0.1, -0.05) is 24.3 Å². The van der Waals surface area contributed by atoms with Crippen molar-refractivity contribution >= 4 is 40.0 Å². The molecule has 1 amide bonds. The molecule has 0 radical (unpaired) electrons. The number of aliphatic hydroxyl groups is 1. The average Bonchev–Trinajstić information content (AvgIpc) is 2.97. The normalized spacial score (nSPS) is 18.3. The highest BCUT2D eigenvalue weighted by atomic mass is 127. The molecule has 1 N–H and O–H groups in total. The lowest BCUT2D eigenvalue weighted by Crippen LogP contribution is -2.35. The van der Waals surface area contributed by atoms with Gasteiger partial charge in [-0.3, -0.25) is 9.59 Å². The van der Waals surface area contributed by atoms with Gasteiger partial charge < -0.3 is 19.6 Å². The van der Waals surface area contributed by atoms with E-state index in [1.165, 1.54) is 0 Å². The number of hydrogen-bond donors (Lipinski definition) is 1. The molecule has 3 rings (SSSR count). The maximum Gasteiger partial charge on any atom is 0.295 e. The van der Waals surface area contributed by atoms with E-state index < -0.39 is 17.7 Å². The van der Waals surface area contributed by atoms with Crippen LogP contribution in [0.5, 0.6) is 5.75 Å². The topological polar surface area (TPSA) is 70.1 Å². The first-order chi connectivity index (χ1) is 14.3. The third-order valence-corrected chi connectivity index (χ3v) is 5.65. The van der Waals surface area contributed by atoms with E-state index in [1.54, 1.807) is 29.2 Å². The molecule has 0 spiro atoms. The summed E-state index contributed by atoms with van der Waals surface area (Å²) < 4.78 is 6.56. The first kappa shape index (κ1) is 22.3. The molecule has 1 atom stereocenters. The Morgan fingerprint density at radius 3 is 2.50 bits per heavy atom. The summed E-state index contributed by atoms with van der Waals surface area (Å²) in [6, 6.07) is 13.9. The molecule has 1 heterocycles. The van der Waals surface area contributed by atoms with Gasteiger partial charge in [-0.25, -0.2) is 0 Å². The maximum atomic E-state index is 13.0. The number of hydrogen-bond acceptors (Lipinski definition) is 5. The minimum Gasteiger partial charge on any atom is -0.507 e. The summed E-state index contributed by atoms with van der Waals surface area (Å²) in [5.41, 5.74) is 1.34. The second-order valence-corrected chi connectivity index (χ2v) is 8.55. The van der Waals surface area contributed by atoms with Gasteiger partial charge in [0.1, 0.15) is 11.5 Å². The molecule has 7 heteroatoms. The molecule has 158 valence electrons. The molecular formula is C23H25IN2O4.